The van der Waals surface area contributed by atoms with Gasteiger partial charge in [0.05, 0.1) is 5.70 Å². The van der Waals surface area contributed by atoms with Crippen molar-refractivity contribution in [3.63, 3.8) is 0 Å². The lowest BCUT2D eigenvalue weighted by molar-refractivity contribution is 0.291. The van der Waals surface area contributed by atoms with E-state index in [1.807, 2.05) is 19.1 Å². The summed E-state index contributed by atoms with van der Waals surface area (Å²) >= 11 is 0. The molecule has 0 radical (unpaired) electrons. The molecule has 1 aliphatic rings. The van der Waals surface area contributed by atoms with Crippen LogP contribution in [0.5, 0.6) is 0 Å². The molecule has 0 spiro atoms. The molecule has 0 aromatic rings. The lowest BCUT2D eigenvalue weighted by Crippen LogP contribution is -2.31. The Hall–Kier alpha value is -1.09. The Morgan fingerprint density at radius 2 is 2.19 bits per heavy atom. The highest BCUT2D eigenvalue weighted by molar-refractivity contribution is 5.27. The fourth-order valence-electron chi connectivity index (χ4n) is 1.98. The molecule has 1 unspecified atom stereocenters. The van der Waals surface area contributed by atoms with Gasteiger partial charge in [-0.25, -0.2) is 4.39 Å². The normalized spacial score (nSPS) is 23.1. The third kappa shape index (κ3) is 2.95. The average molecular weight is 224 g/mol. The number of rotatable bonds is 4. The maximum absolute atomic E-state index is 13.6. The van der Waals surface area contributed by atoms with Crippen molar-refractivity contribution in [1.29, 1.82) is 0 Å². The molecule has 0 N–H and O–H groups in total. The highest BCUT2D eigenvalue weighted by Crippen LogP contribution is 2.22. The van der Waals surface area contributed by atoms with Crippen LogP contribution in [0.3, 0.4) is 0 Å². The van der Waals surface area contributed by atoms with Crippen LogP contribution in [0.1, 0.15) is 13.3 Å². The van der Waals surface area contributed by atoms with Gasteiger partial charge in [0.15, 0.2) is 0 Å². The third-order valence-electron chi connectivity index (χ3n) is 2.98. The zero-order valence-corrected chi connectivity index (χ0v) is 10.4. The van der Waals surface area contributed by atoms with E-state index in [1.165, 1.54) is 6.08 Å². The SMILES string of the molecule is C=C/C(F)=C(\C=C/C)N1CCC(N(C)C)C1. The Morgan fingerprint density at radius 1 is 1.50 bits per heavy atom. The van der Waals surface area contributed by atoms with Crippen LogP contribution >= 0.6 is 0 Å². The third-order valence-corrected chi connectivity index (χ3v) is 2.98. The number of allylic oxidation sites excluding steroid dienone is 4. The molecule has 1 heterocycles. The Kier molecular flexibility index (Phi) is 4.74. The Labute approximate surface area is 97.7 Å². The summed E-state index contributed by atoms with van der Waals surface area (Å²) in [5.74, 6) is -0.238. The summed E-state index contributed by atoms with van der Waals surface area (Å²) in [6, 6.07) is 0.512. The summed E-state index contributed by atoms with van der Waals surface area (Å²) in [6.45, 7) is 7.17. The molecule has 0 aromatic carbocycles. The largest absolute Gasteiger partial charge is 0.368 e. The molecule has 90 valence electrons. The Bertz CT molecular complexity index is 305. The van der Waals surface area contributed by atoms with Crippen LogP contribution in [0.4, 0.5) is 4.39 Å². The van der Waals surface area contributed by atoms with Crippen molar-refractivity contribution in [3.8, 4) is 0 Å². The van der Waals surface area contributed by atoms with Crippen molar-refractivity contribution >= 4 is 0 Å². The Balaban J connectivity index is 2.80. The van der Waals surface area contributed by atoms with Crippen LogP contribution in [-0.4, -0.2) is 43.0 Å². The number of hydrogen-bond donors (Lipinski definition) is 0. The fraction of sp³-hybridized carbons (Fsp3) is 0.538. The average Bonchev–Trinajstić information content (AvgIpc) is 2.74. The van der Waals surface area contributed by atoms with Gasteiger partial charge in [-0.1, -0.05) is 12.7 Å². The van der Waals surface area contributed by atoms with Crippen LogP contribution in [-0.2, 0) is 0 Å². The number of halogens is 1. The molecule has 3 heteroatoms. The van der Waals surface area contributed by atoms with Gasteiger partial charge in [-0.3, -0.25) is 0 Å². The van der Waals surface area contributed by atoms with Crippen LogP contribution in [0.25, 0.3) is 0 Å². The van der Waals surface area contributed by atoms with Crippen molar-refractivity contribution in [3.05, 3.63) is 36.3 Å². The smallest absolute Gasteiger partial charge is 0.145 e. The number of nitrogens with zero attached hydrogens (tertiary/aromatic N) is 2. The van der Waals surface area contributed by atoms with Gasteiger partial charge in [0.1, 0.15) is 5.83 Å². The molecule has 1 aliphatic heterocycles. The lowest BCUT2D eigenvalue weighted by atomic mass is 10.2. The van der Waals surface area contributed by atoms with Gasteiger partial charge in [0.2, 0.25) is 0 Å². The molecule has 0 saturated carbocycles. The molecule has 0 amide bonds. The van der Waals surface area contributed by atoms with Gasteiger partial charge in [0.25, 0.3) is 0 Å². The van der Waals surface area contributed by atoms with Crippen LogP contribution in [0.2, 0.25) is 0 Å². The zero-order chi connectivity index (χ0) is 12.1. The van der Waals surface area contributed by atoms with E-state index in [0.717, 1.165) is 19.5 Å². The van der Waals surface area contributed by atoms with Crippen molar-refractivity contribution in [1.82, 2.24) is 9.80 Å². The van der Waals surface area contributed by atoms with E-state index in [0.29, 0.717) is 11.7 Å². The maximum Gasteiger partial charge on any atom is 0.145 e. The molecule has 0 aliphatic carbocycles. The van der Waals surface area contributed by atoms with Gasteiger partial charge in [0, 0.05) is 19.1 Å². The van der Waals surface area contributed by atoms with Gasteiger partial charge < -0.3 is 9.80 Å². The number of hydrogen-bond acceptors (Lipinski definition) is 2. The lowest BCUT2D eigenvalue weighted by Gasteiger charge is -2.22. The standard InChI is InChI=1S/C13H21FN2/c1-5-7-13(12(14)6-2)16-9-8-11(10-16)15(3)4/h5-7,11H,2,8-10H2,1,3-4H3/b7-5-,13-12-. The molecule has 1 fully saturated rings. The molecule has 2 nitrogen and oxygen atoms in total. The fourth-order valence-corrected chi connectivity index (χ4v) is 1.98. The van der Waals surface area contributed by atoms with Crippen molar-refractivity contribution in [2.24, 2.45) is 0 Å². The molecule has 1 rings (SSSR count). The van der Waals surface area contributed by atoms with Crippen LogP contribution < -0.4 is 0 Å². The van der Waals surface area contributed by atoms with Gasteiger partial charge in [-0.15, -0.1) is 0 Å². The van der Waals surface area contributed by atoms with Crippen LogP contribution in [0.15, 0.2) is 36.3 Å². The predicted octanol–water partition coefficient (Wildman–Crippen LogP) is 2.57. The minimum atomic E-state index is -0.238. The molecule has 0 bridgehead atoms. The Morgan fingerprint density at radius 3 is 2.62 bits per heavy atom. The quantitative estimate of drug-likeness (QED) is 0.677. The van der Waals surface area contributed by atoms with E-state index in [4.69, 9.17) is 0 Å². The summed E-state index contributed by atoms with van der Waals surface area (Å²) in [4.78, 5) is 4.28. The second-order valence-electron chi connectivity index (χ2n) is 4.29. The zero-order valence-electron chi connectivity index (χ0n) is 10.4. The monoisotopic (exact) mass is 224 g/mol. The van der Waals surface area contributed by atoms with E-state index < -0.39 is 0 Å². The minimum absolute atomic E-state index is 0.238. The van der Waals surface area contributed by atoms with E-state index in [2.05, 4.69) is 30.5 Å². The van der Waals surface area contributed by atoms with E-state index in [-0.39, 0.29) is 5.83 Å². The molecule has 16 heavy (non-hydrogen) atoms. The van der Waals surface area contributed by atoms with Crippen molar-refractivity contribution < 1.29 is 4.39 Å². The number of likely N-dealkylation sites (tertiary alicyclic amines) is 1. The molecular formula is C13H21FN2. The van der Waals surface area contributed by atoms with Gasteiger partial charge in [-0.05, 0) is 39.6 Å². The maximum atomic E-state index is 13.6. The summed E-state index contributed by atoms with van der Waals surface area (Å²) in [6.07, 6.45) is 6.03. The predicted molar refractivity (Wildman–Crippen MR) is 66.8 cm³/mol. The summed E-state index contributed by atoms with van der Waals surface area (Å²) in [5.41, 5.74) is 0.654. The second kappa shape index (κ2) is 5.85. The summed E-state index contributed by atoms with van der Waals surface area (Å²) < 4.78 is 13.6. The first-order valence-corrected chi connectivity index (χ1v) is 5.66. The van der Waals surface area contributed by atoms with Gasteiger partial charge >= 0.3 is 0 Å². The first kappa shape index (κ1) is 13.0. The van der Waals surface area contributed by atoms with E-state index in [1.54, 1.807) is 0 Å². The first-order chi connectivity index (χ1) is 7.60. The highest BCUT2D eigenvalue weighted by Gasteiger charge is 2.25. The van der Waals surface area contributed by atoms with Crippen molar-refractivity contribution in [2.75, 3.05) is 27.2 Å². The minimum Gasteiger partial charge on any atom is -0.368 e. The van der Waals surface area contributed by atoms with Gasteiger partial charge in [-0.2, -0.15) is 0 Å². The van der Waals surface area contributed by atoms with E-state index >= 15 is 0 Å². The topological polar surface area (TPSA) is 6.48 Å². The number of likely N-dealkylation sites (N-methyl/N-ethyl adjacent to an activating group) is 1. The highest BCUT2D eigenvalue weighted by atomic mass is 19.1. The summed E-state index contributed by atoms with van der Waals surface area (Å²) in [5, 5.41) is 0. The molecule has 1 saturated heterocycles. The summed E-state index contributed by atoms with van der Waals surface area (Å²) in [7, 11) is 4.13. The molecule has 0 aromatic heterocycles. The second-order valence-corrected chi connectivity index (χ2v) is 4.29. The van der Waals surface area contributed by atoms with E-state index in [9.17, 15) is 4.39 Å². The molecule has 1 atom stereocenters. The van der Waals surface area contributed by atoms with Crippen molar-refractivity contribution in [2.45, 2.75) is 19.4 Å². The molecular weight excluding hydrogens is 203 g/mol. The first-order valence-electron chi connectivity index (χ1n) is 5.66. The van der Waals surface area contributed by atoms with Crippen LogP contribution in [0, 0.1) is 0 Å².